The SMILES string of the molecule is C[Si](C)OC([C@H]1C[C@@H](N)[C@H](N2CCC(Cc3ccc(Cl)cc3)CC2)C1)C(C)(C)C. The van der Waals surface area contributed by atoms with Crippen LogP contribution in [0.2, 0.25) is 18.1 Å². The summed E-state index contributed by atoms with van der Waals surface area (Å²) < 4.78 is 6.49. The maximum Gasteiger partial charge on any atom is 0.205 e. The first-order chi connectivity index (χ1) is 13.6. The van der Waals surface area contributed by atoms with E-state index in [0.717, 1.165) is 17.4 Å². The molecule has 1 unspecified atom stereocenters. The Hall–Kier alpha value is -0.393. The Labute approximate surface area is 185 Å². The number of piperidine rings is 1. The summed E-state index contributed by atoms with van der Waals surface area (Å²) in [5.74, 6) is 1.36. The molecule has 0 amide bonds. The maximum atomic E-state index is 6.68. The van der Waals surface area contributed by atoms with Crippen LogP contribution in [0.5, 0.6) is 0 Å². The molecule has 5 heteroatoms. The van der Waals surface area contributed by atoms with Gasteiger partial charge >= 0.3 is 0 Å². The summed E-state index contributed by atoms with van der Waals surface area (Å²) in [5, 5.41) is 0.824. The summed E-state index contributed by atoms with van der Waals surface area (Å²) in [6, 6.07) is 9.18. The molecule has 1 aliphatic heterocycles. The molecule has 1 saturated heterocycles. The van der Waals surface area contributed by atoms with E-state index in [4.69, 9.17) is 21.8 Å². The molecule has 1 radical (unpaired) electrons. The van der Waals surface area contributed by atoms with Gasteiger partial charge in [0.25, 0.3) is 0 Å². The van der Waals surface area contributed by atoms with Gasteiger partial charge in [-0.05, 0) is 93.2 Å². The quantitative estimate of drug-likeness (QED) is 0.609. The van der Waals surface area contributed by atoms with Crippen LogP contribution in [0, 0.1) is 17.3 Å². The van der Waals surface area contributed by atoms with Crippen molar-refractivity contribution in [3.8, 4) is 0 Å². The molecule has 2 fully saturated rings. The second kappa shape index (κ2) is 9.82. The zero-order valence-corrected chi connectivity index (χ0v) is 20.7. The fraction of sp³-hybridized carbons (Fsp3) is 0.750. The molecule has 1 aromatic rings. The Kier molecular flexibility index (Phi) is 7.88. The van der Waals surface area contributed by atoms with Crippen LogP contribution in [-0.2, 0) is 10.8 Å². The largest absolute Gasteiger partial charge is 0.413 e. The lowest BCUT2D eigenvalue weighted by Crippen LogP contribution is -2.48. The number of likely N-dealkylation sites (tertiary alicyclic amines) is 1. The molecule has 29 heavy (non-hydrogen) atoms. The molecule has 3 nitrogen and oxygen atoms in total. The van der Waals surface area contributed by atoms with Gasteiger partial charge < -0.3 is 10.2 Å². The average molecular weight is 436 g/mol. The van der Waals surface area contributed by atoms with E-state index in [1.54, 1.807) is 0 Å². The summed E-state index contributed by atoms with van der Waals surface area (Å²) in [6.45, 7) is 13.8. The normalized spacial score (nSPS) is 28.2. The zero-order chi connectivity index (χ0) is 21.2. The molecule has 4 atom stereocenters. The highest BCUT2D eigenvalue weighted by Crippen LogP contribution is 2.40. The first-order valence-corrected chi connectivity index (χ1v) is 14.1. The second-order valence-corrected chi connectivity index (χ2v) is 13.1. The summed E-state index contributed by atoms with van der Waals surface area (Å²) in [5.41, 5.74) is 8.27. The van der Waals surface area contributed by atoms with E-state index in [9.17, 15) is 0 Å². The molecule has 0 spiro atoms. The van der Waals surface area contributed by atoms with Crippen molar-refractivity contribution in [1.82, 2.24) is 4.90 Å². The van der Waals surface area contributed by atoms with Gasteiger partial charge in [-0.25, -0.2) is 0 Å². The topological polar surface area (TPSA) is 38.5 Å². The van der Waals surface area contributed by atoms with Crippen molar-refractivity contribution >= 4 is 20.6 Å². The van der Waals surface area contributed by atoms with Crippen molar-refractivity contribution in [2.45, 2.75) is 84.2 Å². The molecule has 0 aromatic heterocycles. The lowest BCUT2D eigenvalue weighted by Gasteiger charge is -2.39. The summed E-state index contributed by atoms with van der Waals surface area (Å²) in [4.78, 5) is 2.69. The summed E-state index contributed by atoms with van der Waals surface area (Å²) in [6.07, 6.45) is 6.33. The third-order valence-corrected chi connectivity index (χ3v) is 7.79. The summed E-state index contributed by atoms with van der Waals surface area (Å²) in [7, 11) is -0.713. The van der Waals surface area contributed by atoms with Gasteiger partial charge in [0.05, 0.1) is 6.10 Å². The Morgan fingerprint density at radius 2 is 1.76 bits per heavy atom. The first kappa shape index (κ1) is 23.3. The van der Waals surface area contributed by atoms with Crippen LogP contribution in [-0.4, -0.2) is 45.2 Å². The van der Waals surface area contributed by atoms with E-state index in [1.165, 1.54) is 44.3 Å². The molecule has 1 heterocycles. The Balaban J connectivity index is 1.54. The molecular formula is C24H40ClN2OSi. The van der Waals surface area contributed by atoms with Gasteiger partial charge in [-0.15, -0.1) is 0 Å². The van der Waals surface area contributed by atoms with Gasteiger partial charge in [-0.2, -0.15) is 0 Å². The third-order valence-electron chi connectivity index (χ3n) is 6.81. The van der Waals surface area contributed by atoms with Crippen molar-refractivity contribution in [2.24, 2.45) is 23.0 Å². The standard InChI is InChI=1S/C24H40ClN2OSi/c1-24(2,3)23(28-29(4)5)19-15-21(26)22(16-19)27-12-10-18(11-13-27)14-17-6-8-20(25)9-7-17/h6-9,18-19,21-23H,10-16,26H2,1-5H3/t19-,21+,22+,23?/m0/s1. The fourth-order valence-corrected chi connectivity index (χ4v) is 6.61. The van der Waals surface area contributed by atoms with Crippen LogP contribution in [0.25, 0.3) is 0 Å². The van der Waals surface area contributed by atoms with Crippen molar-refractivity contribution in [1.29, 1.82) is 0 Å². The minimum absolute atomic E-state index is 0.173. The van der Waals surface area contributed by atoms with E-state index in [2.05, 4.69) is 50.9 Å². The van der Waals surface area contributed by atoms with Gasteiger partial charge in [-0.3, -0.25) is 4.90 Å². The van der Waals surface area contributed by atoms with Crippen molar-refractivity contribution in [3.63, 3.8) is 0 Å². The van der Waals surface area contributed by atoms with Gasteiger partial charge in [0.1, 0.15) is 0 Å². The average Bonchev–Trinajstić information content (AvgIpc) is 3.02. The highest BCUT2D eigenvalue weighted by Gasteiger charge is 2.43. The third kappa shape index (κ3) is 6.30. The lowest BCUT2D eigenvalue weighted by molar-refractivity contribution is 0.0302. The predicted octanol–water partition coefficient (Wildman–Crippen LogP) is 5.38. The number of nitrogens with two attached hydrogens (primary N) is 1. The first-order valence-electron chi connectivity index (χ1n) is 11.3. The Morgan fingerprint density at radius 3 is 2.31 bits per heavy atom. The zero-order valence-electron chi connectivity index (χ0n) is 19.0. The minimum Gasteiger partial charge on any atom is -0.413 e. The predicted molar refractivity (Wildman–Crippen MR) is 126 cm³/mol. The maximum absolute atomic E-state index is 6.68. The van der Waals surface area contributed by atoms with Crippen LogP contribution in [0.15, 0.2) is 24.3 Å². The lowest BCUT2D eigenvalue weighted by atomic mass is 9.80. The Morgan fingerprint density at radius 1 is 1.14 bits per heavy atom. The van der Waals surface area contributed by atoms with E-state index >= 15 is 0 Å². The highest BCUT2D eigenvalue weighted by molar-refractivity contribution is 6.48. The van der Waals surface area contributed by atoms with Crippen LogP contribution in [0.3, 0.4) is 0 Å². The van der Waals surface area contributed by atoms with Crippen LogP contribution in [0.4, 0.5) is 0 Å². The van der Waals surface area contributed by atoms with Crippen LogP contribution >= 0.6 is 11.6 Å². The molecule has 1 aromatic carbocycles. The van der Waals surface area contributed by atoms with Crippen molar-refractivity contribution in [2.75, 3.05) is 13.1 Å². The Bertz CT molecular complexity index is 637. The van der Waals surface area contributed by atoms with Gasteiger partial charge in [0.2, 0.25) is 9.04 Å². The van der Waals surface area contributed by atoms with Gasteiger partial charge in [0, 0.05) is 17.1 Å². The molecule has 0 bridgehead atoms. The van der Waals surface area contributed by atoms with E-state index in [0.29, 0.717) is 18.1 Å². The van der Waals surface area contributed by atoms with Gasteiger partial charge in [0.15, 0.2) is 0 Å². The number of benzene rings is 1. The number of hydrogen-bond donors (Lipinski definition) is 1. The minimum atomic E-state index is -0.713. The van der Waals surface area contributed by atoms with Crippen molar-refractivity contribution in [3.05, 3.63) is 34.9 Å². The number of hydrogen-bond acceptors (Lipinski definition) is 3. The second-order valence-electron chi connectivity index (χ2n) is 10.6. The van der Waals surface area contributed by atoms with Gasteiger partial charge in [-0.1, -0.05) is 44.5 Å². The van der Waals surface area contributed by atoms with Crippen LogP contribution in [0.1, 0.15) is 52.0 Å². The molecule has 2 aliphatic rings. The highest BCUT2D eigenvalue weighted by atomic mass is 35.5. The van der Waals surface area contributed by atoms with Crippen molar-refractivity contribution < 1.29 is 4.43 Å². The molecule has 1 aliphatic carbocycles. The van der Waals surface area contributed by atoms with E-state index in [-0.39, 0.29) is 11.5 Å². The molecular weight excluding hydrogens is 396 g/mol. The molecule has 3 rings (SSSR count). The van der Waals surface area contributed by atoms with E-state index < -0.39 is 9.04 Å². The van der Waals surface area contributed by atoms with E-state index in [1.807, 2.05) is 12.1 Å². The molecule has 1 saturated carbocycles. The fourth-order valence-electron chi connectivity index (χ4n) is 5.43. The molecule has 2 N–H and O–H groups in total. The number of rotatable bonds is 6. The molecule has 163 valence electrons. The summed E-state index contributed by atoms with van der Waals surface area (Å²) >= 11 is 6.02. The number of nitrogens with zero attached hydrogens (tertiary/aromatic N) is 1. The monoisotopic (exact) mass is 435 g/mol. The smallest absolute Gasteiger partial charge is 0.205 e. The van der Waals surface area contributed by atoms with Crippen LogP contribution < -0.4 is 5.73 Å². The number of halogens is 1.